The first-order valence-corrected chi connectivity index (χ1v) is 5.01. The summed E-state index contributed by atoms with van der Waals surface area (Å²) in [7, 11) is 0. The Morgan fingerprint density at radius 2 is 2.12 bits per heavy atom. The van der Waals surface area contributed by atoms with Crippen LogP contribution in [0.5, 0.6) is 0 Å². The molecule has 0 saturated carbocycles. The lowest BCUT2D eigenvalue weighted by Crippen LogP contribution is -1.95. The highest BCUT2D eigenvalue weighted by Gasteiger charge is 2.11. The molecule has 3 N–H and O–H groups in total. The van der Waals surface area contributed by atoms with Crippen LogP contribution in [0.3, 0.4) is 0 Å². The fourth-order valence-corrected chi connectivity index (χ4v) is 1.77. The summed E-state index contributed by atoms with van der Waals surface area (Å²) in [4.78, 5) is 0. The molecule has 0 fully saturated rings. The normalized spacial score (nSPS) is 11.1. The van der Waals surface area contributed by atoms with Gasteiger partial charge in [0.25, 0.3) is 0 Å². The molecule has 1 aromatic carbocycles. The number of para-hydroxylation sites is 1. The minimum atomic E-state index is 0.698. The highest BCUT2D eigenvalue weighted by Crippen LogP contribution is 2.23. The molecule has 0 radical (unpaired) electrons. The number of benzene rings is 1. The molecule has 0 aliphatic rings. The van der Waals surface area contributed by atoms with Crippen LogP contribution in [0, 0.1) is 6.92 Å². The number of H-pyrrole nitrogens is 1. The van der Waals surface area contributed by atoms with E-state index in [0.717, 1.165) is 22.7 Å². The van der Waals surface area contributed by atoms with Crippen LogP contribution in [0.1, 0.15) is 5.69 Å². The molecule has 2 heterocycles. The fourth-order valence-electron chi connectivity index (χ4n) is 1.77. The number of fused-ring (bicyclic) bond motifs is 1. The zero-order valence-electron chi connectivity index (χ0n) is 8.81. The van der Waals surface area contributed by atoms with Gasteiger partial charge in [-0.3, -0.25) is 5.10 Å². The smallest absolute Gasteiger partial charge is 0.184 e. The topological polar surface area (TPSA) is 72.0 Å². The summed E-state index contributed by atoms with van der Waals surface area (Å²) in [6.07, 6.45) is 0. The van der Waals surface area contributed by atoms with Gasteiger partial charge in [-0.15, -0.1) is 0 Å². The molecule has 0 aliphatic heterocycles. The summed E-state index contributed by atoms with van der Waals surface area (Å²) >= 11 is 0. The summed E-state index contributed by atoms with van der Waals surface area (Å²) in [5.41, 5.74) is 9.32. The highest BCUT2D eigenvalue weighted by atomic mass is 15.4. The van der Waals surface area contributed by atoms with Crippen molar-refractivity contribution in [1.29, 1.82) is 0 Å². The van der Waals surface area contributed by atoms with Crippen LogP contribution in [-0.2, 0) is 0 Å². The lowest BCUT2D eigenvalue weighted by atomic mass is 10.2. The second-order valence-corrected chi connectivity index (χ2v) is 3.72. The molecule has 5 heteroatoms. The summed E-state index contributed by atoms with van der Waals surface area (Å²) in [6, 6.07) is 9.56. The maximum atomic E-state index is 5.91. The van der Waals surface area contributed by atoms with E-state index in [2.05, 4.69) is 15.3 Å². The Hall–Kier alpha value is -2.30. The summed E-state index contributed by atoms with van der Waals surface area (Å²) in [5, 5.41) is 11.5. The molecule has 0 aliphatic carbocycles. The average molecular weight is 213 g/mol. The van der Waals surface area contributed by atoms with Crippen molar-refractivity contribution in [2.45, 2.75) is 6.92 Å². The van der Waals surface area contributed by atoms with Gasteiger partial charge in [0, 0.05) is 17.3 Å². The molecule has 3 rings (SSSR count). The standard InChI is InChI=1S/C11H11N5/c1-7-6-10-13-14-11(16(10)15-7)8-4-2-3-5-9(8)12/h2-6,13H,12H2,1H3. The minimum Gasteiger partial charge on any atom is -0.398 e. The third kappa shape index (κ3) is 1.18. The van der Waals surface area contributed by atoms with Gasteiger partial charge in [0.15, 0.2) is 11.5 Å². The molecule has 0 unspecified atom stereocenters. The van der Waals surface area contributed by atoms with Crippen molar-refractivity contribution in [1.82, 2.24) is 19.8 Å². The number of nitrogen functional groups attached to an aromatic ring is 1. The molecule has 5 nitrogen and oxygen atoms in total. The number of aryl methyl sites for hydroxylation is 1. The zero-order valence-corrected chi connectivity index (χ0v) is 8.81. The van der Waals surface area contributed by atoms with E-state index in [4.69, 9.17) is 5.73 Å². The number of anilines is 1. The summed E-state index contributed by atoms with van der Waals surface area (Å²) in [5.74, 6) is 0.737. The van der Waals surface area contributed by atoms with Crippen LogP contribution in [0.4, 0.5) is 5.69 Å². The van der Waals surface area contributed by atoms with Gasteiger partial charge in [-0.1, -0.05) is 12.1 Å². The monoisotopic (exact) mass is 213 g/mol. The van der Waals surface area contributed by atoms with Gasteiger partial charge in [-0.2, -0.15) is 14.7 Å². The number of nitrogens with one attached hydrogen (secondary N) is 1. The molecule has 0 spiro atoms. The number of nitrogens with zero attached hydrogens (tertiary/aromatic N) is 3. The van der Waals surface area contributed by atoms with Gasteiger partial charge >= 0.3 is 0 Å². The van der Waals surface area contributed by atoms with Crippen molar-refractivity contribution in [3.05, 3.63) is 36.0 Å². The van der Waals surface area contributed by atoms with Gasteiger partial charge in [-0.25, -0.2) is 0 Å². The van der Waals surface area contributed by atoms with Crippen molar-refractivity contribution in [2.24, 2.45) is 0 Å². The average Bonchev–Trinajstić information content (AvgIpc) is 2.78. The molecule has 80 valence electrons. The SMILES string of the molecule is Cc1cc2[nH]nc(-c3ccccc3N)n2n1. The quantitative estimate of drug-likeness (QED) is 0.603. The molecule has 0 saturated heterocycles. The molecule has 3 aromatic rings. The van der Waals surface area contributed by atoms with E-state index in [1.165, 1.54) is 0 Å². The van der Waals surface area contributed by atoms with Crippen molar-refractivity contribution in [3.8, 4) is 11.4 Å². The largest absolute Gasteiger partial charge is 0.398 e. The van der Waals surface area contributed by atoms with E-state index >= 15 is 0 Å². The van der Waals surface area contributed by atoms with E-state index in [9.17, 15) is 0 Å². The Labute approximate surface area is 91.9 Å². The first kappa shape index (κ1) is 8.96. The Kier molecular flexibility index (Phi) is 1.73. The Balaban J connectivity index is 2.30. The predicted octanol–water partition coefficient (Wildman–Crippen LogP) is 1.62. The molecule has 0 bridgehead atoms. The molecule has 2 aromatic heterocycles. The van der Waals surface area contributed by atoms with Gasteiger partial charge in [-0.05, 0) is 19.1 Å². The second kappa shape index (κ2) is 3.10. The van der Waals surface area contributed by atoms with Crippen LogP contribution < -0.4 is 5.73 Å². The molecular weight excluding hydrogens is 202 g/mol. The first-order chi connectivity index (χ1) is 7.75. The van der Waals surface area contributed by atoms with Crippen LogP contribution in [0.25, 0.3) is 17.0 Å². The maximum Gasteiger partial charge on any atom is 0.184 e. The van der Waals surface area contributed by atoms with E-state index in [-0.39, 0.29) is 0 Å². The highest BCUT2D eigenvalue weighted by molar-refractivity contribution is 5.72. The Bertz CT molecular complexity index is 649. The van der Waals surface area contributed by atoms with Gasteiger partial charge in [0.2, 0.25) is 0 Å². The number of nitrogens with two attached hydrogens (primary N) is 1. The number of hydrogen-bond donors (Lipinski definition) is 2. The van der Waals surface area contributed by atoms with E-state index in [1.54, 1.807) is 4.52 Å². The van der Waals surface area contributed by atoms with Crippen molar-refractivity contribution < 1.29 is 0 Å². The predicted molar refractivity (Wildman–Crippen MR) is 61.9 cm³/mol. The van der Waals surface area contributed by atoms with Crippen LogP contribution >= 0.6 is 0 Å². The third-order valence-electron chi connectivity index (χ3n) is 2.51. The first-order valence-electron chi connectivity index (χ1n) is 5.01. The minimum absolute atomic E-state index is 0.698. The number of hydrogen-bond acceptors (Lipinski definition) is 3. The van der Waals surface area contributed by atoms with Crippen LogP contribution in [0.15, 0.2) is 30.3 Å². The summed E-state index contributed by atoms with van der Waals surface area (Å²) in [6.45, 7) is 1.94. The molecule has 16 heavy (non-hydrogen) atoms. The number of rotatable bonds is 1. The van der Waals surface area contributed by atoms with E-state index < -0.39 is 0 Å². The second-order valence-electron chi connectivity index (χ2n) is 3.72. The van der Waals surface area contributed by atoms with E-state index in [0.29, 0.717) is 5.69 Å². The van der Waals surface area contributed by atoms with Gasteiger partial charge in [0.1, 0.15) is 0 Å². The Morgan fingerprint density at radius 1 is 1.31 bits per heavy atom. The molecule has 0 atom stereocenters. The summed E-state index contributed by atoms with van der Waals surface area (Å²) < 4.78 is 1.76. The van der Waals surface area contributed by atoms with Crippen LogP contribution in [-0.4, -0.2) is 19.8 Å². The van der Waals surface area contributed by atoms with Crippen molar-refractivity contribution in [2.75, 3.05) is 5.73 Å². The van der Waals surface area contributed by atoms with Crippen LogP contribution in [0.2, 0.25) is 0 Å². The molecule has 0 amide bonds. The van der Waals surface area contributed by atoms with E-state index in [1.807, 2.05) is 37.3 Å². The van der Waals surface area contributed by atoms with Crippen molar-refractivity contribution >= 4 is 11.3 Å². The lowest BCUT2D eigenvalue weighted by Gasteiger charge is -2.00. The Morgan fingerprint density at radius 3 is 2.94 bits per heavy atom. The maximum absolute atomic E-state index is 5.91. The number of aromatic amines is 1. The van der Waals surface area contributed by atoms with Gasteiger partial charge in [0.05, 0.1) is 5.69 Å². The van der Waals surface area contributed by atoms with Gasteiger partial charge < -0.3 is 5.73 Å². The number of aromatic nitrogens is 4. The lowest BCUT2D eigenvalue weighted by molar-refractivity contribution is 0.939. The van der Waals surface area contributed by atoms with Crippen molar-refractivity contribution in [3.63, 3.8) is 0 Å². The third-order valence-corrected chi connectivity index (χ3v) is 2.51. The molecular formula is C11H11N5. The fraction of sp³-hybridized carbons (Fsp3) is 0.0909. The zero-order chi connectivity index (χ0) is 11.1.